The topological polar surface area (TPSA) is 12.5 Å². The van der Waals surface area contributed by atoms with E-state index in [0.717, 1.165) is 11.9 Å². The summed E-state index contributed by atoms with van der Waals surface area (Å²) in [5.41, 5.74) is 0. The van der Waals surface area contributed by atoms with Gasteiger partial charge in [-0.05, 0) is 0 Å². The number of rotatable bonds is 2. The quantitative estimate of drug-likeness (QED) is 0.517. The highest BCUT2D eigenvalue weighted by Crippen LogP contribution is 2.21. The Morgan fingerprint density at radius 3 is 2.57 bits per heavy atom. The van der Waals surface area contributed by atoms with Gasteiger partial charge in [0.05, 0.1) is 17.5 Å². The number of hydrogen-bond donors (Lipinski definition) is 0. The molecule has 0 radical (unpaired) electrons. The van der Waals surface area contributed by atoms with E-state index in [0.29, 0.717) is 10.9 Å². The van der Waals surface area contributed by atoms with Gasteiger partial charge in [-0.25, -0.2) is 0 Å². The minimum atomic E-state index is 0.486. The summed E-state index contributed by atoms with van der Waals surface area (Å²) in [4.78, 5) is 0.521. The van der Waals surface area contributed by atoms with E-state index in [1.807, 2.05) is 0 Å². The first-order chi connectivity index (χ1) is 3.34. The molecule has 0 aromatic carbocycles. The summed E-state index contributed by atoms with van der Waals surface area (Å²) in [7, 11) is 0. The van der Waals surface area contributed by atoms with E-state index in [1.165, 1.54) is 0 Å². The van der Waals surface area contributed by atoms with Crippen molar-refractivity contribution in [2.24, 2.45) is 0 Å². The molecule has 7 heavy (non-hydrogen) atoms. The van der Waals surface area contributed by atoms with Crippen LogP contribution in [-0.2, 0) is 4.74 Å². The van der Waals surface area contributed by atoms with Gasteiger partial charge < -0.3 is 4.74 Å². The molecule has 1 rings (SSSR count). The molecule has 0 aliphatic carbocycles. The zero-order valence-electron chi connectivity index (χ0n) is 3.73. The molecular formula is C4H6Br2O. The highest BCUT2D eigenvalue weighted by Gasteiger charge is 2.29. The molecule has 0 unspecified atom stereocenters. The lowest BCUT2D eigenvalue weighted by atomic mass is 10.4. The Hall–Kier alpha value is 0.920. The summed E-state index contributed by atoms with van der Waals surface area (Å²) in [6.45, 7) is 0.932. The largest absolute Gasteiger partial charge is 0.372 e. The van der Waals surface area contributed by atoms with Gasteiger partial charge in [0, 0.05) is 5.33 Å². The molecule has 0 spiro atoms. The molecule has 42 valence electrons. The second kappa shape index (κ2) is 2.46. The van der Waals surface area contributed by atoms with Gasteiger partial charge in [-0.1, -0.05) is 31.9 Å². The average molecular weight is 230 g/mol. The molecule has 3 heteroatoms. The molecule has 2 atom stereocenters. The van der Waals surface area contributed by atoms with Crippen molar-refractivity contribution in [1.29, 1.82) is 0 Å². The first kappa shape index (κ1) is 6.05. The second-order valence-corrected chi connectivity index (χ2v) is 3.37. The van der Waals surface area contributed by atoms with Crippen molar-refractivity contribution in [1.82, 2.24) is 0 Å². The zero-order valence-corrected chi connectivity index (χ0v) is 6.91. The van der Waals surface area contributed by atoms with Crippen LogP contribution in [-0.4, -0.2) is 22.9 Å². The fourth-order valence-electron chi connectivity index (χ4n) is 0.364. The van der Waals surface area contributed by atoms with Gasteiger partial charge >= 0.3 is 0 Å². The molecule has 1 aliphatic heterocycles. The van der Waals surface area contributed by atoms with Gasteiger partial charge in [-0.2, -0.15) is 0 Å². The molecule has 1 nitrogen and oxygen atoms in total. The van der Waals surface area contributed by atoms with Crippen LogP contribution in [0.3, 0.4) is 0 Å². The van der Waals surface area contributed by atoms with Crippen molar-refractivity contribution in [2.75, 3.05) is 11.9 Å². The minimum absolute atomic E-state index is 0.486. The maximum atomic E-state index is 4.98. The van der Waals surface area contributed by atoms with Crippen molar-refractivity contribution in [3.8, 4) is 0 Å². The molecule has 1 saturated heterocycles. The minimum Gasteiger partial charge on any atom is -0.372 e. The van der Waals surface area contributed by atoms with E-state index in [-0.39, 0.29) is 0 Å². The van der Waals surface area contributed by atoms with E-state index in [1.54, 1.807) is 0 Å². The third-order valence-electron chi connectivity index (χ3n) is 0.910. The Balaban J connectivity index is 2.10. The number of ether oxygens (including phenoxy) is 1. The third-order valence-corrected chi connectivity index (χ3v) is 3.39. The van der Waals surface area contributed by atoms with Gasteiger partial charge in [0.2, 0.25) is 0 Å². The van der Waals surface area contributed by atoms with Crippen LogP contribution in [0.5, 0.6) is 0 Å². The molecule has 0 saturated carbocycles. The summed E-state index contributed by atoms with van der Waals surface area (Å²) < 4.78 is 4.98. The normalized spacial score (nSPS) is 32.6. The summed E-state index contributed by atoms with van der Waals surface area (Å²) in [5, 5.41) is 0.984. The van der Waals surface area contributed by atoms with Gasteiger partial charge in [-0.15, -0.1) is 0 Å². The van der Waals surface area contributed by atoms with E-state index in [2.05, 4.69) is 31.9 Å². The number of alkyl halides is 2. The fourth-order valence-corrected chi connectivity index (χ4v) is 1.09. The Morgan fingerprint density at radius 1 is 1.86 bits per heavy atom. The van der Waals surface area contributed by atoms with Crippen molar-refractivity contribution < 1.29 is 4.74 Å². The summed E-state index contributed by atoms with van der Waals surface area (Å²) in [5.74, 6) is 0. The highest BCUT2D eigenvalue weighted by atomic mass is 79.9. The van der Waals surface area contributed by atoms with E-state index in [4.69, 9.17) is 4.74 Å². The molecular weight excluding hydrogens is 224 g/mol. The Morgan fingerprint density at radius 2 is 2.43 bits per heavy atom. The maximum absolute atomic E-state index is 4.98. The van der Waals surface area contributed by atoms with Crippen molar-refractivity contribution in [3.05, 3.63) is 0 Å². The van der Waals surface area contributed by atoms with Gasteiger partial charge in [0.15, 0.2) is 0 Å². The lowest BCUT2D eigenvalue weighted by Gasteiger charge is -1.95. The lowest BCUT2D eigenvalue weighted by molar-refractivity contribution is 0.410. The van der Waals surface area contributed by atoms with Gasteiger partial charge in [0.1, 0.15) is 0 Å². The molecule has 0 bridgehead atoms. The van der Waals surface area contributed by atoms with E-state index < -0.39 is 0 Å². The summed E-state index contributed by atoms with van der Waals surface area (Å²) >= 11 is 6.76. The standard InChI is InChI=1S/C4H6Br2O/c5-1-3(6)4-2-7-4/h3-4H,1-2H2/t3-,4+/m1/s1. The van der Waals surface area contributed by atoms with Crippen LogP contribution in [0, 0.1) is 0 Å². The number of hydrogen-bond acceptors (Lipinski definition) is 1. The van der Waals surface area contributed by atoms with Gasteiger partial charge in [-0.3, -0.25) is 0 Å². The molecule has 1 fully saturated rings. The van der Waals surface area contributed by atoms with Crippen LogP contribution in [0.25, 0.3) is 0 Å². The first-order valence-electron chi connectivity index (χ1n) is 2.16. The molecule has 1 aliphatic rings. The number of halogens is 2. The highest BCUT2D eigenvalue weighted by molar-refractivity contribution is 9.12. The predicted octanol–water partition coefficient (Wildman–Crippen LogP) is 1.54. The smallest absolute Gasteiger partial charge is 0.0942 e. The van der Waals surface area contributed by atoms with Crippen molar-refractivity contribution >= 4 is 31.9 Å². The average Bonchev–Trinajstić information content (AvgIpc) is 2.44. The molecule has 1 heterocycles. The summed E-state index contributed by atoms with van der Waals surface area (Å²) in [6.07, 6.45) is 0.486. The van der Waals surface area contributed by atoms with Crippen LogP contribution in [0.15, 0.2) is 0 Å². The summed E-state index contributed by atoms with van der Waals surface area (Å²) in [6, 6.07) is 0. The lowest BCUT2D eigenvalue weighted by Crippen LogP contribution is -2.06. The maximum Gasteiger partial charge on any atom is 0.0942 e. The second-order valence-electron chi connectivity index (χ2n) is 1.54. The molecule has 0 aromatic rings. The SMILES string of the molecule is BrC[C@@H](Br)[C@@H]1CO1. The Bertz CT molecular complexity index is 62.7. The van der Waals surface area contributed by atoms with Gasteiger partial charge in [0.25, 0.3) is 0 Å². The monoisotopic (exact) mass is 228 g/mol. The number of epoxide rings is 1. The Kier molecular flexibility index (Phi) is 2.13. The molecule has 0 aromatic heterocycles. The van der Waals surface area contributed by atoms with Crippen LogP contribution < -0.4 is 0 Å². The van der Waals surface area contributed by atoms with E-state index >= 15 is 0 Å². The molecule has 0 amide bonds. The Labute approximate surface area is 59.7 Å². The van der Waals surface area contributed by atoms with Crippen molar-refractivity contribution in [2.45, 2.75) is 10.9 Å². The van der Waals surface area contributed by atoms with Crippen LogP contribution in [0.2, 0.25) is 0 Å². The third kappa shape index (κ3) is 1.70. The van der Waals surface area contributed by atoms with Crippen LogP contribution in [0.4, 0.5) is 0 Å². The van der Waals surface area contributed by atoms with Crippen LogP contribution in [0.1, 0.15) is 0 Å². The van der Waals surface area contributed by atoms with E-state index in [9.17, 15) is 0 Å². The van der Waals surface area contributed by atoms with Crippen LogP contribution >= 0.6 is 31.9 Å². The molecule has 0 N–H and O–H groups in total. The fraction of sp³-hybridized carbons (Fsp3) is 1.00. The predicted molar refractivity (Wildman–Crippen MR) is 36.2 cm³/mol. The zero-order chi connectivity index (χ0) is 5.28. The van der Waals surface area contributed by atoms with Crippen molar-refractivity contribution in [3.63, 3.8) is 0 Å². The first-order valence-corrected chi connectivity index (χ1v) is 4.20.